The maximum absolute atomic E-state index is 12.8. The Bertz CT molecular complexity index is 974. The molecule has 2 aromatic carbocycles. The second kappa shape index (κ2) is 8.71. The zero-order valence-electron chi connectivity index (χ0n) is 15.9. The van der Waals surface area contributed by atoms with Crippen LogP contribution in [-0.2, 0) is 0 Å². The van der Waals surface area contributed by atoms with E-state index in [1.807, 2.05) is 44.2 Å². The van der Waals surface area contributed by atoms with Crippen molar-refractivity contribution in [3.8, 4) is 5.75 Å². The number of benzene rings is 2. The van der Waals surface area contributed by atoms with Crippen LogP contribution in [-0.4, -0.2) is 22.0 Å². The van der Waals surface area contributed by atoms with Crippen molar-refractivity contribution in [1.82, 2.24) is 9.97 Å². The van der Waals surface area contributed by atoms with Gasteiger partial charge in [0.25, 0.3) is 5.91 Å². The van der Waals surface area contributed by atoms with Crippen LogP contribution in [0.2, 0.25) is 5.02 Å². The normalized spacial score (nSPS) is 10.6. The molecule has 28 heavy (non-hydrogen) atoms. The van der Waals surface area contributed by atoms with Crippen molar-refractivity contribution in [2.45, 2.75) is 26.9 Å². The van der Waals surface area contributed by atoms with Crippen molar-refractivity contribution >= 4 is 34.7 Å². The van der Waals surface area contributed by atoms with E-state index < -0.39 is 0 Å². The Morgan fingerprint density at radius 1 is 1.07 bits per heavy atom. The largest absolute Gasteiger partial charge is 0.489 e. The zero-order chi connectivity index (χ0) is 20.1. The number of anilines is 3. The Balaban J connectivity index is 1.81. The van der Waals surface area contributed by atoms with Gasteiger partial charge in [0, 0.05) is 16.8 Å². The molecule has 7 heteroatoms. The van der Waals surface area contributed by atoms with Crippen molar-refractivity contribution < 1.29 is 9.53 Å². The summed E-state index contributed by atoms with van der Waals surface area (Å²) in [6.45, 7) is 5.60. The molecular weight excluding hydrogens is 376 g/mol. The molecule has 0 unspecified atom stereocenters. The molecular formula is C21H21ClN4O2. The summed E-state index contributed by atoms with van der Waals surface area (Å²) < 4.78 is 5.75. The van der Waals surface area contributed by atoms with Gasteiger partial charge in [0.1, 0.15) is 23.1 Å². The molecule has 1 amide bonds. The number of carbonyl (C=O) groups is 1. The lowest BCUT2D eigenvalue weighted by Crippen LogP contribution is -2.17. The summed E-state index contributed by atoms with van der Waals surface area (Å²) in [5, 5.41) is 6.66. The van der Waals surface area contributed by atoms with Crippen LogP contribution in [0.15, 0.2) is 54.6 Å². The lowest BCUT2D eigenvalue weighted by Gasteiger charge is -2.15. The van der Waals surface area contributed by atoms with Gasteiger partial charge in [-0.05, 0) is 57.2 Å². The number of ether oxygens (including phenoxy) is 1. The van der Waals surface area contributed by atoms with E-state index in [2.05, 4.69) is 20.6 Å². The summed E-state index contributed by atoms with van der Waals surface area (Å²) in [5.41, 5.74) is 1.65. The number of aryl methyl sites for hydroxylation is 1. The lowest BCUT2D eigenvalue weighted by molar-refractivity contribution is 0.102. The molecule has 0 aliphatic carbocycles. The summed E-state index contributed by atoms with van der Waals surface area (Å²) in [6, 6.07) is 16.1. The number of halogens is 1. The third-order valence-electron chi connectivity index (χ3n) is 3.69. The highest BCUT2D eigenvalue weighted by atomic mass is 35.5. The van der Waals surface area contributed by atoms with E-state index in [1.54, 1.807) is 31.2 Å². The van der Waals surface area contributed by atoms with E-state index in [0.717, 1.165) is 5.69 Å². The van der Waals surface area contributed by atoms with E-state index in [4.69, 9.17) is 16.3 Å². The number of rotatable bonds is 6. The van der Waals surface area contributed by atoms with E-state index in [9.17, 15) is 4.79 Å². The number of hydrogen-bond acceptors (Lipinski definition) is 5. The second-order valence-corrected chi connectivity index (χ2v) is 6.87. The zero-order valence-corrected chi connectivity index (χ0v) is 16.6. The Hall–Kier alpha value is -3.12. The van der Waals surface area contributed by atoms with Crippen LogP contribution >= 0.6 is 11.6 Å². The molecule has 144 valence electrons. The van der Waals surface area contributed by atoms with E-state index in [1.165, 1.54) is 0 Å². The predicted molar refractivity (Wildman–Crippen MR) is 112 cm³/mol. The molecule has 1 heterocycles. The van der Waals surface area contributed by atoms with Gasteiger partial charge in [0.15, 0.2) is 0 Å². The minimum absolute atomic E-state index is 0.00507. The van der Waals surface area contributed by atoms with Crippen LogP contribution < -0.4 is 15.4 Å². The van der Waals surface area contributed by atoms with Crippen LogP contribution in [0, 0.1) is 6.92 Å². The summed E-state index contributed by atoms with van der Waals surface area (Å²) in [7, 11) is 0. The highest BCUT2D eigenvalue weighted by Crippen LogP contribution is 2.25. The first-order chi connectivity index (χ1) is 13.4. The highest BCUT2D eigenvalue weighted by Gasteiger charge is 2.14. The van der Waals surface area contributed by atoms with Crippen LogP contribution in [0.3, 0.4) is 0 Å². The van der Waals surface area contributed by atoms with Gasteiger partial charge in [0.05, 0.1) is 11.8 Å². The number of carbonyl (C=O) groups excluding carboxylic acids is 1. The standard InChI is InChI=1S/C21H21ClN4O2/c1-13(2)28-19-7-5-4-6-17(19)26-21(27)18-12-20(24-14(3)23-18)25-16-10-8-15(22)9-11-16/h4-13H,1-3H3,(H,26,27)(H,23,24,25). The fourth-order valence-corrected chi connectivity index (χ4v) is 2.67. The van der Waals surface area contributed by atoms with E-state index >= 15 is 0 Å². The van der Waals surface area contributed by atoms with Crippen LogP contribution in [0.5, 0.6) is 5.75 Å². The van der Waals surface area contributed by atoms with E-state index in [-0.39, 0.29) is 17.7 Å². The molecule has 0 aliphatic rings. The summed E-state index contributed by atoms with van der Waals surface area (Å²) in [5.74, 6) is 1.27. The van der Waals surface area contributed by atoms with Gasteiger partial charge in [0.2, 0.25) is 0 Å². The Labute approximate surface area is 168 Å². The maximum atomic E-state index is 12.8. The third-order valence-corrected chi connectivity index (χ3v) is 3.94. The molecule has 0 spiro atoms. The summed E-state index contributed by atoms with van der Waals surface area (Å²) in [6.07, 6.45) is -0.00507. The molecule has 1 aromatic heterocycles. The van der Waals surface area contributed by atoms with Crippen molar-refractivity contribution in [1.29, 1.82) is 0 Å². The molecule has 0 radical (unpaired) electrons. The number of para-hydroxylation sites is 2. The van der Waals surface area contributed by atoms with Crippen molar-refractivity contribution in [2.75, 3.05) is 10.6 Å². The van der Waals surface area contributed by atoms with Crippen LogP contribution in [0.1, 0.15) is 30.2 Å². The first-order valence-corrected chi connectivity index (χ1v) is 9.24. The van der Waals surface area contributed by atoms with Crippen LogP contribution in [0.25, 0.3) is 0 Å². The molecule has 0 atom stereocenters. The number of aromatic nitrogens is 2. The van der Waals surface area contributed by atoms with Crippen molar-refractivity contribution in [2.24, 2.45) is 0 Å². The monoisotopic (exact) mass is 396 g/mol. The fraction of sp³-hybridized carbons (Fsp3) is 0.190. The molecule has 0 saturated heterocycles. The highest BCUT2D eigenvalue weighted by molar-refractivity contribution is 6.30. The van der Waals surface area contributed by atoms with Crippen molar-refractivity contribution in [3.63, 3.8) is 0 Å². The number of hydrogen-bond donors (Lipinski definition) is 2. The summed E-state index contributed by atoms with van der Waals surface area (Å²) in [4.78, 5) is 21.3. The first-order valence-electron chi connectivity index (χ1n) is 8.86. The van der Waals surface area contributed by atoms with Gasteiger partial charge in [-0.1, -0.05) is 23.7 Å². The minimum atomic E-state index is -0.343. The number of nitrogens with zero attached hydrogens (tertiary/aromatic N) is 2. The van der Waals surface area contributed by atoms with Gasteiger partial charge in [-0.3, -0.25) is 4.79 Å². The lowest BCUT2D eigenvalue weighted by atomic mass is 10.2. The third kappa shape index (κ3) is 5.20. The van der Waals surface area contributed by atoms with Gasteiger partial charge in [-0.15, -0.1) is 0 Å². The molecule has 2 N–H and O–H groups in total. The quantitative estimate of drug-likeness (QED) is 0.597. The minimum Gasteiger partial charge on any atom is -0.489 e. The Morgan fingerprint density at radius 3 is 2.50 bits per heavy atom. The smallest absolute Gasteiger partial charge is 0.274 e. The number of nitrogens with one attached hydrogen (secondary N) is 2. The molecule has 0 fully saturated rings. The average molecular weight is 397 g/mol. The first kappa shape index (κ1) is 19.6. The molecule has 6 nitrogen and oxygen atoms in total. The Kier molecular flexibility index (Phi) is 6.11. The van der Waals surface area contributed by atoms with Crippen molar-refractivity contribution in [3.05, 3.63) is 71.1 Å². The maximum Gasteiger partial charge on any atom is 0.274 e. The van der Waals surface area contributed by atoms with Gasteiger partial charge < -0.3 is 15.4 Å². The SMILES string of the molecule is Cc1nc(Nc2ccc(Cl)cc2)cc(C(=O)Nc2ccccc2OC(C)C)n1. The molecule has 0 saturated carbocycles. The number of amides is 1. The van der Waals surface area contributed by atoms with Gasteiger partial charge in [-0.25, -0.2) is 9.97 Å². The molecule has 0 aliphatic heterocycles. The molecule has 3 rings (SSSR count). The molecule has 0 bridgehead atoms. The second-order valence-electron chi connectivity index (χ2n) is 6.43. The van der Waals surface area contributed by atoms with Gasteiger partial charge >= 0.3 is 0 Å². The van der Waals surface area contributed by atoms with Gasteiger partial charge in [-0.2, -0.15) is 0 Å². The Morgan fingerprint density at radius 2 is 1.79 bits per heavy atom. The molecule has 3 aromatic rings. The summed E-state index contributed by atoms with van der Waals surface area (Å²) >= 11 is 5.91. The van der Waals surface area contributed by atoms with Crippen LogP contribution in [0.4, 0.5) is 17.2 Å². The van der Waals surface area contributed by atoms with E-state index in [0.29, 0.717) is 28.1 Å². The fourth-order valence-electron chi connectivity index (χ4n) is 2.54. The topological polar surface area (TPSA) is 76.1 Å². The average Bonchev–Trinajstić information content (AvgIpc) is 2.64. The predicted octanol–water partition coefficient (Wildman–Crippen LogP) is 5.22.